The highest BCUT2D eigenvalue weighted by Crippen LogP contribution is 2.19. The maximum Gasteiger partial charge on any atom is 0.262 e. The van der Waals surface area contributed by atoms with Gasteiger partial charge in [-0.2, -0.15) is 0 Å². The zero-order valence-corrected chi connectivity index (χ0v) is 14.2. The Labute approximate surface area is 147 Å². The van der Waals surface area contributed by atoms with E-state index in [1.165, 1.54) is 5.56 Å². The monoisotopic (exact) mass is 338 g/mol. The van der Waals surface area contributed by atoms with Crippen molar-refractivity contribution < 1.29 is 14.3 Å². The number of rotatable bonds is 7. The Morgan fingerprint density at radius 1 is 1.04 bits per heavy atom. The van der Waals surface area contributed by atoms with Crippen molar-refractivity contribution in [1.29, 1.82) is 0 Å². The predicted octanol–water partition coefficient (Wildman–Crippen LogP) is 3.16. The average molecular weight is 338 g/mol. The molecule has 0 aliphatic heterocycles. The van der Waals surface area contributed by atoms with Gasteiger partial charge in [0.1, 0.15) is 5.75 Å². The SMILES string of the molecule is CCc1ccc(OCC(=O)Nc2ccc(C(=O)NC3CC3)cc2)cc1. The third kappa shape index (κ3) is 5.08. The summed E-state index contributed by atoms with van der Waals surface area (Å²) >= 11 is 0. The van der Waals surface area contributed by atoms with Crippen LogP contribution in [0.3, 0.4) is 0 Å². The third-order valence-electron chi connectivity index (χ3n) is 4.04. The molecule has 1 fully saturated rings. The molecule has 2 N–H and O–H groups in total. The first-order chi connectivity index (χ1) is 12.1. The summed E-state index contributed by atoms with van der Waals surface area (Å²) in [4.78, 5) is 23.9. The lowest BCUT2D eigenvalue weighted by Crippen LogP contribution is -2.25. The van der Waals surface area contributed by atoms with Crippen molar-refractivity contribution in [2.45, 2.75) is 32.2 Å². The maximum absolute atomic E-state index is 12.0. The molecule has 5 nitrogen and oxygen atoms in total. The van der Waals surface area contributed by atoms with E-state index < -0.39 is 0 Å². The van der Waals surface area contributed by atoms with Crippen molar-refractivity contribution in [1.82, 2.24) is 5.32 Å². The Morgan fingerprint density at radius 2 is 1.72 bits per heavy atom. The van der Waals surface area contributed by atoms with Gasteiger partial charge in [-0.3, -0.25) is 9.59 Å². The molecular weight excluding hydrogens is 316 g/mol. The van der Waals surface area contributed by atoms with E-state index in [4.69, 9.17) is 4.74 Å². The number of carbonyl (C=O) groups excluding carboxylic acids is 2. The molecule has 2 amide bonds. The van der Waals surface area contributed by atoms with Crippen molar-refractivity contribution in [2.75, 3.05) is 11.9 Å². The maximum atomic E-state index is 12.0. The molecule has 3 rings (SSSR count). The van der Waals surface area contributed by atoms with Gasteiger partial charge in [0.25, 0.3) is 11.8 Å². The van der Waals surface area contributed by atoms with Gasteiger partial charge in [-0.15, -0.1) is 0 Å². The Bertz CT molecular complexity index is 735. The molecule has 25 heavy (non-hydrogen) atoms. The molecule has 1 saturated carbocycles. The zero-order chi connectivity index (χ0) is 17.6. The van der Waals surface area contributed by atoms with Gasteiger partial charge in [0, 0.05) is 17.3 Å². The molecule has 5 heteroatoms. The summed E-state index contributed by atoms with van der Waals surface area (Å²) in [7, 11) is 0. The van der Waals surface area contributed by atoms with Crippen LogP contribution in [0.1, 0.15) is 35.7 Å². The Morgan fingerprint density at radius 3 is 2.32 bits per heavy atom. The number of anilines is 1. The van der Waals surface area contributed by atoms with Crippen molar-refractivity contribution in [3.63, 3.8) is 0 Å². The molecule has 2 aromatic rings. The Kier molecular flexibility index (Phi) is 5.33. The first-order valence-corrected chi connectivity index (χ1v) is 8.56. The van der Waals surface area contributed by atoms with Gasteiger partial charge in [0.15, 0.2) is 6.61 Å². The van der Waals surface area contributed by atoms with Crippen LogP contribution < -0.4 is 15.4 Å². The molecule has 1 aliphatic carbocycles. The van der Waals surface area contributed by atoms with Crippen molar-refractivity contribution in [3.05, 3.63) is 59.7 Å². The van der Waals surface area contributed by atoms with E-state index in [0.29, 0.717) is 23.0 Å². The van der Waals surface area contributed by atoms with E-state index in [0.717, 1.165) is 19.3 Å². The van der Waals surface area contributed by atoms with Crippen LogP contribution in [-0.4, -0.2) is 24.5 Å². The molecular formula is C20H22N2O3. The van der Waals surface area contributed by atoms with Crippen molar-refractivity contribution in [2.24, 2.45) is 0 Å². The minimum absolute atomic E-state index is 0.0601. The summed E-state index contributed by atoms with van der Waals surface area (Å²) in [5, 5.41) is 5.69. The van der Waals surface area contributed by atoms with Crippen LogP contribution in [-0.2, 0) is 11.2 Å². The standard InChI is InChI=1S/C20H22N2O3/c1-2-14-3-11-18(12-4-14)25-13-19(23)21-16-7-5-15(6-8-16)20(24)22-17-9-10-17/h3-8,11-12,17H,2,9-10,13H2,1H3,(H,21,23)(H,22,24). The number of ether oxygens (including phenoxy) is 1. The lowest BCUT2D eigenvalue weighted by Gasteiger charge is -2.09. The van der Waals surface area contributed by atoms with E-state index in [-0.39, 0.29) is 18.4 Å². The fourth-order valence-electron chi connectivity index (χ4n) is 2.37. The predicted molar refractivity (Wildman–Crippen MR) is 96.9 cm³/mol. The van der Waals surface area contributed by atoms with Crippen LogP contribution in [0.25, 0.3) is 0 Å². The molecule has 0 spiro atoms. The van der Waals surface area contributed by atoms with Crippen molar-refractivity contribution >= 4 is 17.5 Å². The van der Waals surface area contributed by atoms with E-state index >= 15 is 0 Å². The van der Waals surface area contributed by atoms with Crippen LogP contribution in [0.5, 0.6) is 5.75 Å². The second-order valence-electron chi connectivity index (χ2n) is 6.16. The highest BCUT2D eigenvalue weighted by Gasteiger charge is 2.23. The summed E-state index contributed by atoms with van der Waals surface area (Å²) in [6.07, 6.45) is 3.08. The molecule has 0 atom stereocenters. The Hall–Kier alpha value is -2.82. The van der Waals surface area contributed by atoms with Crippen LogP contribution in [0, 0.1) is 0 Å². The molecule has 130 valence electrons. The minimum atomic E-state index is -0.241. The largest absolute Gasteiger partial charge is 0.484 e. The number of amides is 2. The van der Waals surface area contributed by atoms with Gasteiger partial charge in [0.2, 0.25) is 0 Å². The van der Waals surface area contributed by atoms with Crippen LogP contribution in [0.2, 0.25) is 0 Å². The summed E-state index contributed by atoms with van der Waals surface area (Å²) in [5.74, 6) is 0.355. The molecule has 0 aromatic heterocycles. The number of aryl methyl sites for hydroxylation is 1. The summed E-state index contributed by atoms with van der Waals surface area (Å²) < 4.78 is 5.48. The van der Waals surface area contributed by atoms with E-state index in [9.17, 15) is 9.59 Å². The summed E-state index contributed by atoms with van der Waals surface area (Å²) in [6, 6.07) is 14.9. The number of hydrogen-bond acceptors (Lipinski definition) is 3. The lowest BCUT2D eigenvalue weighted by atomic mass is 10.2. The van der Waals surface area contributed by atoms with Crippen LogP contribution in [0.4, 0.5) is 5.69 Å². The second kappa shape index (κ2) is 7.83. The molecule has 0 saturated heterocycles. The average Bonchev–Trinajstić information content (AvgIpc) is 3.45. The van der Waals surface area contributed by atoms with Crippen LogP contribution >= 0.6 is 0 Å². The smallest absolute Gasteiger partial charge is 0.262 e. The van der Waals surface area contributed by atoms with Gasteiger partial charge < -0.3 is 15.4 Å². The highest BCUT2D eigenvalue weighted by atomic mass is 16.5. The van der Waals surface area contributed by atoms with Gasteiger partial charge in [-0.05, 0) is 61.2 Å². The number of nitrogens with one attached hydrogen (secondary N) is 2. The zero-order valence-electron chi connectivity index (χ0n) is 14.2. The normalized spacial score (nSPS) is 13.2. The topological polar surface area (TPSA) is 67.4 Å². The first kappa shape index (κ1) is 17.0. The van der Waals surface area contributed by atoms with E-state index in [2.05, 4.69) is 17.6 Å². The van der Waals surface area contributed by atoms with E-state index in [1.807, 2.05) is 24.3 Å². The fourth-order valence-corrected chi connectivity index (χ4v) is 2.37. The Balaban J connectivity index is 1.47. The molecule has 2 aromatic carbocycles. The summed E-state index contributed by atoms with van der Waals surface area (Å²) in [5.41, 5.74) is 2.46. The number of benzene rings is 2. The third-order valence-corrected chi connectivity index (χ3v) is 4.04. The van der Waals surface area contributed by atoms with Gasteiger partial charge in [0.05, 0.1) is 0 Å². The van der Waals surface area contributed by atoms with Gasteiger partial charge >= 0.3 is 0 Å². The molecule has 1 aliphatic rings. The quantitative estimate of drug-likeness (QED) is 0.815. The van der Waals surface area contributed by atoms with Gasteiger partial charge in [-0.25, -0.2) is 0 Å². The van der Waals surface area contributed by atoms with Crippen molar-refractivity contribution in [3.8, 4) is 5.75 Å². The second-order valence-corrected chi connectivity index (χ2v) is 6.16. The minimum Gasteiger partial charge on any atom is -0.484 e. The molecule has 0 heterocycles. The molecule has 0 bridgehead atoms. The molecule has 0 radical (unpaired) electrons. The highest BCUT2D eigenvalue weighted by molar-refractivity contribution is 5.96. The number of carbonyl (C=O) groups is 2. The lowest BCUT2D eigenvalue weighted by molar-refractivity contribution is -0.118. The molecule has 0 unspecified atom stereocenters. The van der Waals surface area contributed by atoms with Gasteiger partial charge in [-0.1, -0.05) is 19.1 Å². The van der Waals surface area contributed by atoms with Crippen LogP contribution in [0.15, 0.2) is 48.5 Å². The summed E-state index contributed by atoms with van der Waals surface area (Å²) in [6.45, 7) is 2.03. The van der Waals surface area contributed by atoms with E-state index in [1.54, 1.807) is 24.3 Å². The first-order valence-electron chi connectivity index (χ1n) is 8.56. The fraction of sp³-hybridized carbons (Fsp3) is 0.300. The number of hydrogen-bond donors (Lipinski definition) is 2.